The number of hydrogen-bond donors (Lipinski definition) is 2. The van der Waals surface area contributed by atoms with Crippen LogP contribution in [0.3, 0.4) is 0 Å². The summed E-state index contributed by atoms with van der Waals surface area (Å²) in [6, 6.07) is 7.79. The molecule has 19 heavy (non-hydrogen) atoms. The van der Waals surface area contributed by atoms with E-state index in [-0.39, 0.29) is 6.10 Å². The predicted molar refractivity (Wildman–Crippen MR) is 77.9 cm³/mol. The summed E-state index contributed by atoms with van der Waals surface area (Å²) in [7, 11) is 1.99. The van der Waals surface area contributed by atoms with Crippen molar-refractivity contribution >= 4 is 0 Å². The first-order chi connectivity index (χ1) is 9.02. The predicted octanol–water partition coefficient (Wildman–Crippen LogP) is 1.54. The number of nitrogens with two attached hydrogens (primary N) is 1. The smallest absolute Gasteiger partial charge is 0.0916 e. The SMILES string of the molecule is CC(C)OCCN(C)CC(O)c1ccc(CN)cc1. The maximum absolute atomic E-state index is 10.1. The molecule has 0 saturated carbocycles. The first-order valence-corrected chi connectivity index (χ1v) is 6.80. The zero-order chi connectivity index (χ0) is 14.3. The van der Waals surface area contributed by atoms with Crippen LogP contribution in [0, 0.1) is 0 Å². The topological polar surface area (TPSA) is 58.7 Å². The maximum Gasteiger partial charge on any atom is 0.0916 e. The summed E-state index contributed by atoms with van der Waals surface area (Å²) in [4.78, 5) is 2.07. The third kappa shape index (κ3) is 6.16. The molecule has 0 fully saturated rings. The van der Waals surface area contributed by atoms with Gasteiger partial charge in [-0.2, -0.15) is 0 Å². The molecule has 0 aliphatic carbocycles. The van der Waals surface area contributed by atoms with Crippen molar-refractivity contribution in [2.75, 3.05) is 26.7 Å². The average molecular weight is 266 g/mol. The number of nitrogens with zero attached hydrogens (tertiary/aromatic N) is 1. The first kappa shape index (κ1) is 16.1. The maximum atomic E-state index is 10.1. The molecule has 1 unspecified atom stereocenters. The Morgan fingerprint density at radius 3 is 2.42 bits per heavy atom. The molecule has 1 rings (SSSR count). The van der Waals surface area contributed by atoms with E-state index in [1.54, 1.807) is 0 Å². The van der Waals surface area contributed by atoms with Crippen LogP contribution in [0.25, 0.3) is 0 Å². The quantitative estimate of drug-likeness (QED) is 0.749. The Hall–Kier alpha value is -0.940. The van der Waals surface area contributed by atoms with Gasteiger partial charge in [0.2, 0.25) is 0 Å². The molecule has 0 heterocycles. The molecule has 0 aliphatic heterocycles. The summed E-state index contributed by atoms with van der Waals surface area (Å²) in [5.74, 6) is 0. The summed E-state index contributed by atoms with van der Waals surface area (Å²) < 4.78 is 5.49. The number of benzene rings is 1. The van der Waals surface area contributed by atoms with Crippen molar-refractivity contribution in [2.45, 2.75) is 32.6 Å². The molecule has 4 heteroatoms. The lowest BCUT2D eigenvalue weighted by molar-refractivity contribution is 0.0519. The van der Waals surface area contributed by atoms with Gasteiger partial charge in [0.15, 0.2) is 0 Å². The molecule has 0 bridgehead atoms. The lowest BCUT2D eigenvalue weighted by atomic mass is 10.1. The van der Waals surface area contributed by atoms with Gasteiger partial charge in [-0.3, -0.25) is 0 Å². The van der Waals surface area contributed by atoms with Gasteiger partial charge in [0.25, 0.3) is 0 Å². The number of hydrogen-bond acceptors (Lipinski definition) is 4. The average Bonchev–Trinajstić information content (AvgIpc) is 2.38. The Bertz CT molecular complexity index is 352. The monoisotopic (exact) mass is 266 g/mol. The number of rotatable bonds is 8. The first-order valence-electron chi connectivity index (χ1n) is 6.80. The molecule has 1 aromatic carbocycles. The normalized spacial score (nSPS) is 13.2. The Kier molecular flexibility index (Phi) is 7.02. The van der Waals surface area contributed by atoms with Gasteiger partial charge in [0.1, 0.15) is 0 Å². The third-order valence-electron chi connectivity index (χ3n) is 3.01. The molecule has 0 aliphatic rings. The summed E-state index contributed by atoms with van der Waals surface area (Å²) >= 11 is 0. The second kappa shape index (κ2) is 8.27. The molecule has 108 valence electrons. The molecule has 0 saturated heterocycles. The van der Waals surface area contributed by atoms with Gasteiger partial charge in [-0.15, -0.1) is 0 Å². The molecule has 0 aromatic heterocycles. The highest BCUT2D eigenvalue weighted by atomic mass is 16.5. The zero-order valence-corrected chi connectivity index (χ0v) is 12.2. The van der Waals surface area contributed by atoms with E-state index in [0.29, 0.717) is 19.7 Å². The summed E-state index contributed by atoms with van der Waals surface area (Å²) in [6.07, 6.45) is -0.224. The largest absolute Gasteiger partial charge is 0.387 e. The summed E-state index contributed by atoms with van der Waals surface area (Å²) in [5.41, 5.74) is 7.55. The zero-order valence-electron chi connectivity index (χ0n) is 12.2. The Morgan fingerprint density at radius 1 is 1.26 bits per heavy atom. The number of aliphatic hydroxyl groups is 1. The van der Waals surface area contributed by atoms with Crippen molar-refractivity contribution in [1.29, 1.82) is 0 Å². The number of aliphatic hydroxyl groups excluding tert-OH is 1. The van der Waals surface area contributed by atoms with Crippen molar-refractivity contribution in [2.24, 2.45) is 5.73 Å². The highest BCUT2D eigenvalue weighted by molar-refractivity contribution is 5.24. The van der Waals surface area contributed by atoms with E-state index in [4.69, 9.17) is 10.5 Å². The highest BCUT2D eigenvalue weighted by Crippen LogP contribution is 2.14. The summed E-state index contributed by atoms with van der Waals surface area (Å²) in [6.45, 7) is 6.68. The van der Waals surface area contributed by atoms with E-state index < -0.39 is 6.10 Å². The van der Waals surface area contributed by atoms with Crippen LogP contribution in [0.1, 0.15) is 31.1 Å². The molecule has 4 nitrogen and oxygen atoms in total. The minimum absolute atomic E-state index is 0.252. The van der Waals surface area contributed by atoms with Crippen molar-refractivity contribution in [3.05, 3.63) is 35.4 Å². The van der Waals surface area contributed by atoms with Crippen LogP contribution in [-0.4, -0.2) is 42.9 Å². The van der Waals surface area contributed by atoms with Crippen LogP contribution >= 0.6 is 0 Å². The minimum Gasteiger partial charge on any atom is -0.387 e. The van der Waals surface area contributed by atoms with Crippen molar-refractivity contribution in [1.82, 2.24) is 4.90 Å². The fraction of sp³-hybridized carbons (Fsp3) is 0.600. The number of likely N-dealkylation sites (N-methyl/N-ethyl adjacent to an activating group) is 1. The van der Waals surface area contributed by atoms with Crippen LogP contribution in [-0.2, 0) is 11.3 Å². The van der Waals surface area contributed by atoms with Crippen LogP contribution in [0.2, 0.25) is 0 Å². The van der Waals surface area contributed by atoms with Gasteiger partial charge in [-0.25, -0.2) is 0 Å². The molecule has 0 radical (unpaired) electrons. The van der Waals surface area contributed by atoms with Gasteiger partial charge < -0.3 is 20.5 Å². The fourth-order valence-electron chi connectivity index (χ4n) is 1.81. The summed E-state index contributed by atoms with van der Waals surface area (Å²) in [5, 5.41) is 10.1. The van der Waals surface area contributed by atoms with Crippen LogP contribution in [0.5, 0.6) is 0 Å². The molecule has 1 atom stereocenters. The lowest BCUT2D eigenvalue weighted by Gasteiger charge is -2.21. The molecule has 3 N–H and O–H groups in total. The van der Waals surface area contributed by atoms with Crippen LogP contribution in [0.15, 0.2) is 24.3 Å². The second-order valence-corrected chi connectivity index (χ2v) is 5.14. The second-order valence-electron chi connectivity index (χ2n) is 5.14. The lowest BCUT2D eigenvalue weighted by Crippen LogP contribution is -2.28. The van der Waals surface area contributed by atoms with E-state index >= 15 is 0 Å². The Labute approximate surface area is 116 Å². The molecular weight excluding hydrogens is 240 g/mol. The molecular formula is C15H26N2O2. The van der Waals surface area contributed by atoms with Crippen molar-refractivity contribution in [3.63, 3.8) is 0 Å². The van der Waals surface area contributed by atoms with Gasteiger partial charge in [-0.05, 0) is 32.0 Å². The van der Waals surface area contributed by atoms with E-state index in [0.717, 1.165) is 17.7 Å². The Balaban J connectivity index is 2.38. The van der Waals surface area contributed by atoms with Gasteiger partial charge in [-0.1, -0.05) is 24.3 Å². The highest BCUT2D eigenvalue weighted by Gasteiger charge is 2.10. The molecule has 0 spiro atoms. The van der Waals surface area contributed by atoms with Crippen LogP contribution in [0.4, 0.5) is 0 Å². The van der Waals surface area contributed by atoms with E-state index in [2.05, 4.69) is 4.90 Å². The van der Waals surface area contributed by atoms with Gasteiger partial charge in [0, 0.05) is 19.6 Å². The Morgan fingerprint density at radius 2 is 1.89 bits per heavy atom. The third-order valence-corrected chi connectivity index (χ3v) is 3.01. The minimum atomic E-state index is -0.476. The van der Waals surface area contributed by atoms with Crippen molar-refractivity contribution in [3.8, 4) is 0 Å². The van der Waals surface area contributed by atoms with Crippen LogP contribution < -0.4 is 5.73 Å². The van der Waals surface area contributed by atoms with E-state index in [1.165, 1.54) is 0 Å². The standard InChI is InChI=1S/C15H26N2O2/c1-12(2)19-9-8-17(3)11-15(18)14-6-4-13(10-16)5-7-14/h4-7,12,15,18H,8-11,16H2,1-3H3. The molecule has 0 amide bonds. The van der Waals surface area contributed by atoms with Gasteiger partial charge >= 0.3 is 0 Å². The molecule has 1 aromatic rings. The van der Waals surface area contributed by atoms with E-state index in [1.807, 2.05) is 45.2 Å². The van der Waals surface area contributed by atoms with E-state index in [9.17, 15) is 5.11 Å². The van der Waals surface area contributed by atoms with Gasteiger partial charge in [0.05, 0.1) is 18.8 Å². The number of ether oxygens (including phenoxy) is 1. The van der Waals surface area contributed by atoms with Crippen molar-refractivity contribution < 1.29 is 9.84 Å². The fourth-order valence-corrected chi connectivity index (χ4v) is 1.81.